The lowest BCUT2D eigenvalue weighted by Crippen LogP contribution is -2.13. The average Bonchev–Trinajstić information content (AvgIpc) is 2.62. The van der Waals surface area contributed by atoms with E-state index < -0.39 is 0 Å². The van der Waals surface area contributed by atoms with E-state index in [0.717, 1.165) is 24.8 Å². The Morgan fingerprint density at radius 1 is 1.71 bits per heavy atom. The van der Waals surface area contributed by atoms with E-state index in [4.69, 9.17) is 0 Å². The molecular weight excluding hydrogens is 174 g/mol. The van der Waals surface area contributed by atoms with Crippen molar-refractivity contribution in [3.63, 3.8) is 0 Å². The predicted molar refractivity (Wildman–Crippen MR) is 57.2 cm³/mol. The van der Waals surface area contributed by atoms with Crippen molar-refractivity contribution in [2.45, 2.75) is 38.3 Å². The van der Waals surface area contributed by atoms with E-state index in [9.17, 15) is 5.11 Å². The fourth-order valence-corrected chi connectivity index (χ4v) is 2.19. The van der Waals surface area contributed by atoms with Crippen molar-refractivity contribution >= 4 is 0 Å². The molecule has 76 valence electrons. The van der Waals surface area contributed by atoms with Crippen LogP contribution >= 0.6 is 0 Å². The molecule has 0 spiro atoms. The standard InChI is InChI=1S/C12H17NO/c1-3-9(2)13-8-7-10-11(13)5-4-6-12(10)14/h3,7-9,12,14H,1,4-6H2,2H3. The number of rotatable bonds is 2. The summed E-state index contributed by atoms with van der Waals surface area (Å²) in [5.74, 6) is 0. The first-order valence-corrected chi connectivity index (χ1v) is 5.24. The molecule has 1 heterocycles. The van der Waals surface area contributed by atoms with Crippen LogP contribution in [0.4, 0.5) is 0 Å². The van der Waals surface area contributed by atoms with Gasteiger partial charge in [0.25, 0.3) is 0 Å². The van der Waals surface area contributed by atoms with Crippen LogP contribution in [0.1, 0.15) is 43.2 Å². The summed E-state index contributed by atoms with van der Waals surface area (Å²) >= 11 is 0. The molecule has 0 aliphatic heterocycles. The summed E-state index contributed by atoms with van der Waals surface area (Å²) in [5, 5.41) is 9.79. The van der Waals surface area contributed by atoms with Gasteiger partial charge < -0.3 is 9.67 Å². The Morgan fingerprint density at radius 2 is 2.50 bits per heavy atom. The fraction of sp³-hybridized carbons (Fsp3) is 0.500. The van der Waals surface area contributed by atoms with Crippen LogP contribution in [0.25, 0.3) is 0 Å². The van der Waals surface area contributed by atoms with Crippen molar-refractivity contribution in [1.29, 1.82) is 0 Å². The zero-order chi connectivity index (χ0) is 10.1. The Morgan fingerprint density at radius 3 is 3.21 bits per heavy atom. The molecule has 0 bridgehead atoms. The molecule has 0 aromatic carbocycles. The minimum Gasteiger partial charge on any atom is -0.388 e. The molecule has 0 saturated heterocycles. The smallest absolute Gasteiger partial charge is 0.0807 e. The van der Waals surface area contributed by atoms with Crippen molar-refractivity contribution in [3.8, 4) is 0 Å². The summed E-state index contributed by atoms with van der Waals surface area (Å²) in [5.41, 5.74) is 2.40. The van der Waals surface area contributed by atoms with Crippen LogP contribution in [0.3, 0.4) is 0 Å². The van der Waals surface area contributed by atoms with E-state index >= 15 is 0 Å². The predicted octanol–water partition coefficient (Wildman–Crippen LogP) is 2.60. The van der Waals surface area contributed by atoms with Crippen molar-refractivity contribution < 1.29 is 5.11 Å². The number of allylic oxidation sites excluding steroid dienone is 1. The number of nitrogens with zero attached hydrogens (tertiary/aromatic N) is 1. The third kappa shape index (κ3) is 1.40. The van der Waals surface area contributed by atoms with Gasteiger partial charge in [-0.2, -0.15) is 0 Å². The van der Waals surface area contributed by atoms with E-state index in [-0.39, 0.29) is 6.10 Å². The molecule has 1 N–H and O–H groups in total. The van der Waals surface area contributed by atoms with Crippen LogP contribution in [0.2, 0.25) is 0 Å². The molecule has 1 aliphatic carbocycles. The Bertz CT molecular complexity index is 340. The monoisotopic (exact) mass is 191 g/mol. The third-order valence-electron chi connectivity index (χ3n) is 3.09. The average molecular weight is 191 g/mol. The maximum atomic E-state index is 9.79. The molecule has 2 nitrogen and oxygen atoms in total. The molecule has 1 aromatic heterocycles. The van der Waals surface area contributed by atoms with Crippen LogP contribution < -0.4 is 0 Å². The lowest BCUT2D eigenvalue weighted by atomic mass is 9.95. The summed E-state index contributed by atoms with van der Waals surface area (Å²) in [6, 6.07) is 2.36. The molecule has 14 heavy (non-hydrogen) atoms. The normalized spacial score (nSPS) is 22.9. The van der Waals surface area contributed by atoms with Crippen LogP contribution in [0.15, 0.2) is 24.9 Å². The quantitative estimate of drug-likeness (QED) is 0.714. The molecule has 2 rings (SSSR count). The molecule has 0 radical (unpaired) electrons. The van der Waals surface area contributed by atoms with Crippen LogP contribution in [-0.4, -0.2) is 9.67 Å². The second kappa shape index (κ2) is 3.62. The van der Waals surface area contributed by atoms with E-state index in [1.165, 1.54) is 5.69 Å². The van der Waals surface area contributed by atoms with Gasteiger partial charge in [-0.1, -0.05) is 6.08 Å². The number of aliphatic hydroxyl groups is 1. The minimum absolute atomic E-state index is 0.253. The Hall–Kier alpha value is -1.02. The van der Waals surface area contributed by atoms with E-state index in [2.05, 4.69) is 24.3 Å². The van der Waals surface area contributed by atoms with Crippen LogP contribution in [0.5, 0.6) is 0 Å². The lowest BCUT2D eigenvalue weighted by Gasteiger charge is -2.21. The molecular formula is C12H17NO. The van der Waals surface area contributed by atoms with Gasteiger partial charge >= 0.3 is 0 Å². The summed E-state index contributed by atoms with van der Waals surface area (Å²) in [7, 11) is 0. The Kier molecular flexibility index (Phi) is 2.46. The summed E-state index contributed by atoms with van der Waals surface area (Å²) in [6.45, 7) is 5.92. The number of fused-ring (bicyclic) bond motifs is 1. The molecule has 0 amide bonds. The highest BCUT2D eigenvalue weighted by molar-refractivity contribution is 5.28. The topological polar surface area (TPSA) is 25.2 Å². The fourth-order valence-electron chi connectivity index (χ4n) is 2.19. The van der Waals surface area contributed by atoms with E-state index in [1.807, 2.05) is 12.1 Å². The Balaban J connectivity index is 2.40. The molecule has 1 aliphatic rings. The van der Waals surface area contributed by atoms with E-state index in [0.29, 0.717) is 6.04 Å². The van der Waals surface area contributed by atoms with E-state index in [1.54, 1.807) is 0 Å². The van der Waals surface area contributed by atoms with Gasteiger partial charge in [0.15, 0.2) is 0 Å². The van der Waals surface area contributed by atoms with Gasteiger partial charge in [0, 0.05) is 23.5 Å². The molecule has 2 atom stereocenters. The lowest BCUT2D eigenvalue weighted by molar-refractivity contribution is 0.155. The SMILES string of the molecule is C=CC(C)n1ccc2c1CCCC2O. The first-order chi connectivity index (χ1) is 6.74. The number of hydrogen-bond donors (Lipinski definition) is 1. The largest absolute Gasteiger partial charge is 0.388 e. The summed E-state index contributed by atoms with van der Waals surface area (Å²) < 4.78 is 2.21. The molecule has 0 fully saturated rings. The summed E-state index contributed by atoms with van der Waals surface area (Å²) in [4.78, 5) is 0. The summed E-state index contributed by atoms with van der Waals surface area (Å²) in [6.07, 6.45) is 6.81. The second-order valence-electron chi connectivity index (χ2n) is 4.01. The molecule has 0 saturated carbocycles. The zero-order valence-corrected chi connectivity index (χ0v) is 8.61. The third-order valence-corrected chi connectivity index (χ3v) is 3.09. The number of hydrogen-bond acceptors (Lipinski definition) is 1. The first-order valence-electron chi connectivity index (χ1n) is 5.24. The number of aliphatic hydroxyl groups excluding tert-OH is 1. The van der Waals surface area contributed by atoms with Crippen molar-refractivity contribution in [2.24, 2.45) is 0 Å². The van der Waals surface area contributed by atoms with Crippen molar-refractivity contribution in [3.05, 3.63) is 36.2 Å². The first kappa shape index (κ1) is 9.53. The maximum absolute atomic E-state index is 9.79. The molecule has 2 heteroatoms. The van der Waals surface area contributed by atoms with Crippen molar-refractivity contribution in [2.75, 3.05) is 0 Å². The highest BCUT2D eigenvalue weighted by atomic mass is 16.3. The second-order valence-corrected chi connectivity index (χ2v) is 4.01. The van der Waals surface area contributed by atoms with Gasteiger partial charge in [0.2, 0.25) is 0 Å². The van der Waals surface area contributed by atoms with Gasteiger partial charge in [-0.05, 0) is 32.3 Å². The van der Waals surface area contributed by atoms with Gasteiger partial charge in [-0.3, -0.25) is 0 Å². The number of aromatic nitrogens is 1. The van der Waals surface area contributed by atoms with Gasteiger partial charge in [-0.15, -0.1) is 6.58 Å². The highest BCUT2D eigenvalue weighted by Gasteiger charge is 2.21. The van der Waals surface area contributed by atoms with Gasteiger partial charge in [0.05, 0.1) is 6.10 Å². The molecule has 2 unspecified atom stereocenters. The van der Waals surface area contributed by atoms with Crippen LogP contribution in [0, 0.1) is 0 Å². The molecule has 1 aromatic rings. The minimum atomic E-state index is -0.253. The zero-order valence-electron chi connectivity index (χ0n) is 8.61. The van der Waals surface area contributed by atoms with Crippen molar-refractivity contribution in [1.82, 2.24) is 4.57 Å². The highest BCUT2D eigenvalue weighted by Crippen LogP contribution is 2.31. The van der Waals surface area contributed by atoms with Crippen LogP contribution in [-0.2, 0) is 6.42 Å². The van der Waals surface area contributed by atoms with Gasteiger partial charge in [-0.25, -0.2) is 0 Å². The van der Waals surface area contributed by atoms with Gasteiger partial charge in [0.1, 0.15) is 0 Å². The maximum Gasteiger partial charge on any atom is 0.0807 e. The Labute approximate surface area is 84.9 Å².